The number of hydrogen-bond donors (Lipinski definition) is 6. The highest BCUT2D eigenvalue weighted by molar-refractivity contribution is 5.89. The minimum atomic E-state index is -2.48. The minimum Gasteiger partial charge on any atom is -0.497 e. The summed E-state index contributed by atoms with van der Waals surface area (Å²) in [5.74, 6) is -1.42. The van der Waals surface area contributed by atoms with Crippen molar-refractivity contribution in [3.05, 3.63) is 29.8 Å². The van der Waals surface area contributed by atoms with E-state index in [0.29, 0.717) is 31.7 Å². The van der Waals surface area contributed by atoms with Crippen LogP contribution in [-0.2, 0) is 14.2 Å². The van der Waals surface area contributed by atoms with E-state index in [1.54, 1.807) is 19.2 Å². The third kappa shape index (κ3) is 2.93. The molecule has 0 radical (unpaired) electrons. The average molecular weight is 606 g/mol. The Bertz CT molecular complexity index is 1330. The molecule has 6 aliphatic rings. The van der Waals surface area contributed by atoms with Gasteiger partial charge in [0, 0.05) is 44.9 Å². The largest absolute Gasteiger partial charge is 0.497 e. The number of piperidine rings is 1. The molecule has 1 aliphatic heterocycles. The number of carbonyl (C=O) groups is 1. The van der Waals surface area contributed by atoms with Crippen LogP contribution in [0.5, 0.6) is 5.75 Å². The van der Waals surface area contributed by atoms with Crippen LogP contribution in [0.3, 0.4) is 0 Å². The number of ether oxygens (including phenoxy) is 4. The quantitative estimate of drug-likeness (QED) is 0.214. The Hall–Kier alpha value is -1.87. The van der Waals surface area contributed by atoms with Crippen molar-refractivity contribution < 1.29 is 54.4 Å². The number of aliphatic hydroxyl groups is 6. The monoisotopic (exact) mass is 605 g/mol. The zero-order valence-corrected chi connectivity index (χ0v) is 25.0. The van der Waals surface area contributed by atoms with Crippen LogP contribution in [0.1, 0.15) is 49.4 Å². The van der Waals surface area contributed by atoms with Gasteiger partial charge in [0.05, 0.1) is 42.4 Å². The standard InChI is InChI=1S/C31H43NO11/c1-5-32-15-25(16-40-2)11-10-20(42-4)30-19-12-26(35)21(43-22(33)17-6-8-18(41-3)9-7-17)13-28(37,31(19,39)24(26)34)27(36,23(30)32)14-29(25,30)38/h6-9,19-21,23-24,34-39H,5,10-16H2,1-4H3/t19-,20-,21-,23?,24-,25-,26-,27+,28-,29-,30+,31-/m0/s1. The molecule has 238 valence electrons. The van der Waals surface area contributed by atoms with Crippen molar-refractivity contribution in [3.63, 3.8) is 0 Å². The molecule has 43 heavy (non-hydrogen) atoms. The molecule has 12 nitrogen and oxygen atoms in total. The first kappa shape index (κ1) is 29.8. The zero-order chi connectivity index (χ0) is 31.0. The van der Waals surface area contributed by atoms with Gasteiger partial charge < -0.3 is 49.6 Å². The second kappa shape index (κ2) is 8.89. The lowest BCUT2D eigenvalue weighted by atomic mass is 9.40. The highest BCUT2D eigenvalue weighted by Gasteiger charge is 2.98. The predicted octanol–water partition coefficient (Wildman–Crippen LogP) is -0.790. The molecule has 5 saturated carbocycles. The van der Waals surface area contributed by atoms with E-state index < -0.39 is 81.5 Å². The van der Waals surface area contributed by atoms with Crippen LogP contribution >= 0.6 is 0 Å². The molecule has 1 unspecified atom stereocenters. The number of likely N-dealkylation sites (N-methyl/N-ethyl adjacent to an activating group) is 1. The molecule has 0 aromatic heterocycles. The first-order valence-electron chi connectivity index (χ1n) is 15.2. The Balaban J connectivity index is 1.41. The number of carbonyl (C=O) groups excluding carboxylic acids is 1. The second-order valence-corrected chi connectivity index (χ2v) is 14.0. The summed E-state index contributed by atoms with van der Waals surface area (Å²) < 4.78 is 22.8. The highest BCUT2D eigenvalue weighted by atomic mass is 16.6. The van der Waals surface area contributed by atoms with Gasteiger partial charge in [-0.05, 0) is 50.1 Å². The number of rotatable bonds is 7. The molecule has 6 fully saturated rings. The zero-order valence-electron chi connectivity index (χ0n) is 25.0. The molecule has 12 heteroatoms. The molecule has 6 N–H and O–H groups in total. The molecule has 1 aromatic carbocycles. The fourth-order valence-corrected chi connectivity index (χ4v) is 11.4. The van der Waals surface area contributed by atoms with Gasteiger partial charge >= 0.3 is 5.97 Å². The van der Waals surface area contributed by atoms with Gasteiger partial charge in [-0.2, -0.15) is 0 Å². The van der Waals surface area contributed by atoms with Crippen LogP contribution in [0.4, 0.5) is 0 Å². The number of fused-ring (bicyclic) bond motifs is 2. The van der Waals surface area contributed by atoms with Crippen molar-refractivity contribution in [2.75, 3.05) is 41.0 Å². The number of hydrogen-bond acceptors (Lipinski definition) is 12. The Labute approximate surface area is 250 Å². The van der Waals surface area contributed by atoms with Gasteiger partial charge in [0.25, 0.3) is 0 Å². The van der Waals surface area contributed by atoms with Crippen LogP contribution in [0.2, 0.25) is 0 Å². The van der Waals surface area contributed by atoms with Crippen molar-refractivity contribution in [2.45, 2.75) is 91.4 Å². The number of nitrogens with zero attached hydrogens (tertiary/aromatic N) is 1. The molecule has 7 rings (SSSR count). The molecular formula is C31H43NO11. The van der Waals surface area contributed by atoms with Crippen LogP contribution < -0.4 is 4.74 Å². The molecule has 12 atom stereocenters. The van der Waals surface area contributed by atoms with Crippen molar-refractivity contribution in [1.29, 1.82) is 0 Å². The summed E-state index contributed by atoms with van der Waals surface area (Å²) in [5.41, 5.74) is -13.1. The maximum absolute atomic E-state index is 13.3. The summed E-state index contributed by atoms with van der Waals surface area (Å²) in [7, 11) is 4.57. The van der Waals surface area contributed by atoms with Gasteiger partial charge in [-0.3, -0.25) is 4.90 Å². The average Bonchev–Trinajstić information content (AvgIpc) is 3.26. The molecule has 0 amide bonds. The molecular weight excluding hydrogens is 562 g/mol. The smallest absolute Gasteiger partial charge is 0.338 e. The van der Waals surface area contributed by atoms with E-state index in [0.717, 1.165) is 0 Å². The summed E-state index contributed by atoms with van der Waals surface area (Å²) in [4.78, 5) is 15.4. The van der Waals surface area contributed by atoms with Gasteiger partial charge in [-0.15, -0.1) is 0 Å². The number of likely N-dealkylation sites (tertiary alicyclic amines) is 1. The highest BCUT2D eigenvalue weighted by Crippen LogP contribution is 2.82. The van der Waals surface area contributed by atoms with Crippen LogP contribution in [0.15, 0.2) is 24.3 Å². The molecule has 7 bridgehead atoms. The maximum atomic E-state index is 13.3. The number of aliphatic hydroxyl groups excluding tert-OH is 1. The minimum absolute atomic E-state index is 0.157. The second-order valence-electron chi connectivity index (χ2n) is 14.0. The fourth-order valence-electron chi connectivity index (χ4n) is 11.4. The van der Waals surface area contributed by atoms with E-state index in [4.69, 9.17) is 18.9 Å². The Morgan fingerprint density at radius 2 is 1.70 bits per heavy atom. The van der Waals surface area contributed by atoms with E-state index in [9.17, 15) is 35.4 Å². The van der Waals surface area contributed by atoms with E-state index in [-0.39, 0.29) is 25.0 Å². The SMILES string of the molecule is CCN1C[C@]2(COC)CC[C@H](OC)[C@]34C1[C@](O)(C[C@]23O)[C@@]1(O)C[C@H](OC(=O)c2ccc(OC)cc2)[C@@]2(O)C[C@@H]4[C@]1(O)[C@H]2O. The Kier molecular flexibility index (Phi) is 6.17. The van der Waals surface area contributed by atoms with Crippen LogP contribution in [0.25, 0.3) is 0 Å². The Morgan fingerprint density at radius 1 is 1.00 bits per heavy atom. The molecule has 5 aliphatic carbocycles. The summed E-state index contributed by atoms with van der Waals surface area (Å²) in [6, 6.07) is 5.25. The summed E-state index contributed by atoms with van der Waals surface area (Å²) in [6.45, 7) is 2.93. The van der Waals surface area contributed by atoms with Gasteiger partial charge in [0.1, 0.15) is 40.4 Å². The maximum Gasteiger partial charge on any atom is 0.338 e. The lowest BCUT2D eigenvalue weighted by Gasteiger charge is -2.73. The fraction of sp³-hybridized carbons (Fsp3) is 0.774. The lowest BCUT2D eigenvalue weighted by Crippen LogP contribution is -2.89. The van der Waals surface area contributed by atoms with Gasteiger partial charge in [-0.1, -0.05) is 6.92 Å². The van der Waals surface area contributed by atoms with E-state index in [2.05, 4.69) is 0 Å². The predicted molar refractivity (Wildman–Crippen MR) is 148 cm³/mol. The molecule has 1 spiro atoms. The summed E-state index contributed by atoms with van der Waals surface area (Å²) in [5, 5.41) is 75.5. The third-order valence-electron chi connectivity index (χ3n) is 12.9. The molecule has 1 aromatic rings. The molecule has 1 heterocycles. The normalized spacial score (nSPS) is 52.7. The van der Waals surface area contributed by atoms with E-state index in [1.165, 1.54) is 26.4 Å². The van der Waals surface area contributed by atoms with E-state index >= 15 is 0 Å². The van der Waals surface area contributed by atoms with Crippen LogP contribution in [-0.4, -0.2) is 135 Å². The van der Waals surface area contributed by atoms with Crippen molar-refractivity contribution >= 4 is 5.97 Å². The van der Waals surface area contributed by atoms with Gasteiger partial charge in [0.2, 0.25) is 0 Å². The van der Waals surface area contributed by atoms with Crippen molar-refractivity contribution in [3.8, 4) is 5.75 Å². The van der Waals surface area contributed by atoms with E-state index in [1.807, 2.05) is 11.8 Å². The topological polar surface area (TPSA) is 179 Å². The Morgan fingerprint density at radius 3 is 2.30 bits per heavy atom. The third-order valence-corrected chi connectivity index (χ3v) is 12.9. The lowest BCUT2D eigenvalue weighted by molar-refractivity contribution is -0.384. The number of esters is 1. The first-order chi connectivity index (χ1) is 20.2. The number of methoxy groups -OCH3 is 3. The van der Waals surface area contributed by atoms with Crippen LogP contribution in [0, 0.1) is 16.7 Å². The molecule has 1 saturated heterocycles. The first-order valence-corrected chi connectivity index (χ1v) is 15.2. The summed E-state index contributed by atoms with van der Waals surface area (Å²) in [6.07, 6.45) is -4.37. The summed E-state index contributed by atoms with van der Waals surface area (Å²) >= 11 is 0. The number of benzene rings is 1. The van der Waals surface area contributed by atoms with Crippen molar-refractivity contribution in [2.24, 2.45) is 16.7 Å². The van der Waals surface area contributed by atoms with Gasteiger partial charge in [-0.25, -0.2) is 4.79 Å². The van der Waals surface area contributed by atoms with Crippen molar-refractivity contribution in [1.82, 2.24) is 4.90 Å². The van der Waals surface area contributed by atoms with Gasteiger partial charge in [0.15, 0.2) is 0 Å².